The van der Waals surface area contributed by atoms with E-state index in [0.717, 1.165) is 115 Å². The number of piperidine rings is 1. The lowest BCUT2D eigenvalue weighted by Crippen LogP contribution is -2.62. The average molecular weight is 992 g/mol. The summed E-state index contributed by atoms with van der Waals surface area (Å²) in [6.07, 6.45) is 7.89. The highest BCUT2D eigenvalue weighted by Gasteiger charge is 2.57. The highest BCUT2D eigenvalue weighted by Crippen LogP contribution is 2.60. The lowest BCUT2D eigenvalue weighted by atomic mass is 9.49. The highest BCUT2D eigenvalue weighted by atomic mass is 32.1. The monoisotopic (exact) mass is 991 g/mol. The molecule has 0 radical (unpaired) electrons. The molecule has 4 aromatic heterocycles. The van der Waals surface area contributed by atoms with E-state index in [2.05, 4.69) is 53.6 Å². The summed E-state index contributed by atoms with van der Waals surface area (Å²) in [7, 11) is 0. The van der Waals surface area contributed by atoms with Gasteiger partial charge in [0.05, 0.1) is 33.9 Å². The summed E-state index contributed by atoms with van der Waals surface area (Å²) in [5.41, 5.74) is 9.78. The third-order valence-electron chi connectivity index (χ3n) is 16.5. The van der Waals surface area contributed by atoms with Crippen molar-refractivity contribution < 1.29 is 24.6 Å². The van der Waals surface area contributed by atoms with E-state index >= 15 is 0 Å². The number of carbonyl (C=O) groups excluding carboxylic acids is 3. The number of anilines is 1. The Morgan fingerprint density at radius 3 is 2.44 bits per heavy atom. The van der Waals surface area contributed by atoms with Crippen LogP contribution in [0.4, 0.5) is 5.95 Å². The van der Waals surface area contributed by atoms with E-state index in [1.54, 1.807) is 23.5 Å². The van der Waals surface area contributed by atoms with Crippen LogP contribution in [0.2, 0.25) is 0 Å². The molecular formula is C55H65N11O5S. The molecular weight excluding hydrogens is 927 g/mol. The van der Waals surface area contributed by atoms with Gasteiger partial charge in [-0.3, -0.25) is 14.4 Å². The molecule has 2 aliphatic carbocycles. The Hall–Kier alpha value is -6.30. The van der Waals surface area contributed by atoms with Gasteiger partial charge in [-0.15, -0.1) is 21.5 Å². The van der Waals surface area contributed by atoms with Crippen LogP contribution in [0.5, 0.6) is 5.75 Å². The number of phenols is 1. The van der Waals surface area contributed by atoms with E-state index < -0.39 is 23.6 Å². The van der Waals surface area contributed by atoms with Crippen LogP contribution in [0.15, 0.2) is 72.4 Å². The molecule has 6 aromatic rings. The van der Waals surface area contributed by atoms with Crippen LogP contribution in [0.25, 0.3) is 32.7 Å². The normalized spacial score (nSPS) is 24.9. The molecule has 17 heteroatoms. The first-order valence-electron chi connectivity index (χ1n) is 25.7. The Labute approximate surface area is 424 Å². The van der Waals surface area contributed by atoms with Crippen molar-refractivity contribution in [2.45, 2.75) is 129 Å². The minimum absolute atomic E-state index is 0.00447. The summed E-state index contributed by atoms with van der Waals surface area (Å²) >= 11 is 1.59. The molecule has 7 heterocycles. The van der Waals surface area contributed by atoms with Crippen LogP contribution < -0.4 is 15.5 Å². The number of rotatable bonds is 11. The third kappa shape index (κ3) is 9.12. The summed E-state index contributed by atoms with van der Waals surface area (Å²) in [6, 6.07) is 18.1. The molecule has 3 aliphatic heterocycles. The molecule has 0 bridgehead atoms. The van der Waals surface area contributed by atoms with Crippen molar-refractivity contribution in [2.24, 2.45) is 16.7 Å². The number of hydrogen-bond acceptors (Lipinski definition) is 13. The topological polar surface area (TPSA) is 206 Å². The standard InChI is InChI=1S/C55H65N11O5S/c1-31-47(72-30-58-31)35-12-10-33(11-13-35)28-57-51(70)44-22-38(67)29-66(44)52(71)48(54(3,4)5)61-50(69)36-24-55(25-36)26-37(27-55)64-19-15-34(16-20-64)41-14-18-56-53(60-41)65-21-17-42-46(32(65)2)40-23-43(62-63-49(40)59-42)39-8-6-7-9-45(39)68/h6-14,18,23,30,32,34,36-38,44,48,67-68H,15-17,19-22,24-29H2,1-5H3,(H,57,70)(H,59,63)(H,61,69)/t32-,36?,37?,38-,44+,48-,55?/m1/s1. The van der Waals surface area contributed by atoms with E-state index in [-0.39, 0.29) is 53.8 Å². The number of aryl methyl sites for hydroxylation is 1. The molecule has 4 fully saturated rings. The van der Waals surface area contributed by atoms with Gasteiger partial charge in [-0.2, -0.15) is 0 Å². The number of benzene rings is 2. The number of β-amino-alcohol motifs (C(OH)–C–C–N with tert-alkyl or cyclic N) is 1. The summed E-state index contributed by atoms with van der Waals surface area (Å²) in [5, 5.41) is 37.3. The van der Waals surface area contributed by atoms with Gasteiger partial charge in [-0.1, -0.05) is 57.2 Å². The summed E-state index contributed by atoms with van der Waals surface area (Å²) < 4.78 is 0. The van der Waals surface area contributed by atoms with Crippen molar-refractivity contribution in [1.82, 2.24) is 50.6 Å². The molecule has 2 saturated heterocycles. The first kappa shape index (κ1) is 48.0. The second kappa shape index (κ2) is 19.0. The molecule has 0 unspecified atom stereocenters. The lowest BCUT2D eigenvalue weighted by Gasteiger charge is -2.60. The van der Waals surface area contributed by atoms with Gasteiger partial charge in [0.2, 0.25) is 23.7 Å². The number of aliphatic hydroxyl groups is 1. The number of carbonyl (C=O) groups is 3. The number of phenolic OH excluding ortho intramolecular Hbond substituents is 1. The number of aliphatic hydroxyl groups excluding tert-OH is 1. The zero-order chi connectivity index (χ0) is 50.1. The van der Waals surface area contributed by atoms with Crippen LogP contribution in [0, 0.1) is 23.7 Å². The van der Waals surface area contributed by atoms with Gasteiger partial charge in [0.1, 0.15) is 17.8 Å². The van der Waals surface area contributed by atoms with Crippen LogP contribution >= 0.6 is 11.3 Å². The van der Waals surface area contributed by atoms with E-state index in [0.29, 0.717) is 29.8 Å². The SMILES string of the molecule is Cc1ncsc1-c1ccc(CNC(=O)[C@@H]2C[C@@H](O)CN2C(=O)[C@@H](NC(=O)C2CC3(C2)CC(N2CCC(c4ccnc(N5CCc6[nH]c7nnc(-c8ccccc8O)cc7c6[C@H]5C)n4)CC2)C3)C(C)(C)C)cc1. The van der Waals surface area contributed by atoms with Gasteiger partial charge in [0.25, 0.3) is 0 Å². The Bertz CT molecular complexity index is 3000. The second-order valence-corrected chi connectivity index (χ2v) is 23.1. The average Bonchev–Trinajstić information content (AvgIpc) is 4.08. The maximum atomic E-state index is 14.3. The Morgan fingerprint density at radius 1 is 0.958 bits per heavy atom. The van der Waals surface area contributed by atoms with Crippen molar-refractivity contribution in [1.29, 1.82) is 0 Å². The molecule has 2 aromatic carbocycles. The number of fused-ring (bicyclic) bond motifs is 3. The van der Waals surface area contributed by atoms with E-state index in [1.165, 1.54) is 10.5 Å². The molecule has 1 spiro atoms. The molecule has 16 nitrogen and oxygen atoms in total. The number of likely N-dealkylation sites (tertiary alicyclic amines) is 2. The molecule has 5 N–H and O–H groups in total. The number of thiazole rings is 1. The third-order valence-corrected chi connectivity index (χ3v) is 17.5. The number of hydrogen-bond donors (Lipinski definition) is 5. The quantitative estimate of drug-likeness (QED) is 0.0873. The number of para-hydroxylation sites is 1. The predicted octanol–water partition coefficient (Wildman–Crippen LogP) is 7.22. The number of H-pyrrole nitrogens is 1. The van der Waals surface area contributed by atoms with Crippen LogP contribution in [0.1, 0.15) is 113 Å². The molecule has 2 saturated carbocycles. The number of nitrogens with one attached hydrogen (secondary N) is 3. The van der Waals surface area contributed by atoms with Gasteiger partial charge < -0.3 is 40.5 Å². The minimum Gasteiger partial charge on any atom is -0.507 e. The molecule has 376 valence electrons. The maximum absolute atomic E-state index is 14.3. The van der Waals surface area contributed by atoms with Crippen molar-refractivity contribution in [2.75, 3.05) is 31.1 Å². The zero-order valence-corrected chi connectivity index (χ0v) is 42.6. The van der Waals surface area contributed by atoms with E-state index in [9.17, 15) is 24.6 Å². The van der Waals surface area contributed by atoms with Gasteiger partial charge >= 0.3 is 0 Å². The van der Waals surface area contributed by atoms with Gasteiger partial charge in [-0.05, 0) is 112 Å². The van der Waals surface area contributed by atoms with E-state index in [1.807, 2.05) is 81.9 Å². The summed E-state index contributed by atoms with van der Waals surface area (Å²) in [6.45, 7) is 13.1. The second-order valence-electron chi connectivity index (χ2n) is 22.3. The number of nitrogens with zero attached hydrogens (tertiary/aromatic N) is 8. The maximum Gasteiger partial charge on any atom is 0.246 e. The number of amides is 3. The van der Waals surface area contributed by atoms with Gasteiger partial charge in [0, 0.05) is 84.5 Å². The number of aromatic amines is 1. The fourth-order valence-corrected chi connectivity index (χ4v) is 13.3. The van der Waals surface area contributed by atoms with Gasteiger partial charge in [0.15, 0.2) is 5.65 Å². The smallest absolute Gasteiger partial charge is 0.246 e. The van der Waals surface area contributed by atoms with Crippen LogP contribution in [-0.4, -0.2) is 118 Å². The number of aromatic hydroxyl groups is 1. The zero-order valence-electron chi connectivity index (χ0n) is 41.8. The Balaban J connectivity index is 0.657. The Morgan fingerprint density at radius 2 is 1.72 bits per heavy atom. The van der Waals surface area contributed by atoms with E-state index in [4.69, 9.17) is 9.97 Å². The molecule has 3 amide bonds. The fraction of sp³-hybridized carbons (Fsp3) is 0.491. The van der Waals surface area contributed by atoms with Crippen molar-refractivity contribution >= 4 is 46.0 Å². The lowest BCUT2D eigenvalue weighted by molar-refractivity contribution is -0.150. The minimum atomic E-state index is -0.845. The van der Waals surface area contributed by atoms with Crippen molar-refractivity contribution in [3.8, 4) is 27.4 Å². The Kier molecular flexibility index (Phi) is 12.6. The first-order valence-corrected chi connectivity index (χ1v) is 26.6. The largest absolute Gasteiger partial charge is 0.507 e. The van der Waals surface area contributed by atoms with Crippen molar-refractivity contribution in [3.05, 3.63) is 101 Å². The molecule has 4 atom stereocenters. The highest BCUT2D eigenvalue weighted by molar-refractivity contribution is 7.13. The van der Waals surface area contributed by atoms with Crippen LogP contribution in [0.3, 0.4) is 0 Å². The first-order chi connectivity index (χ1) is 34.6. The molecule has 72 heavy (non-hydrogen) atoms. The predicted molar refractivity (Wildman–Crippen MR) is 276 cm³/mol. The summed E-state index contributed by atoms with van der Waals surface area (Å²) in [5.74, 6) is 0.353. The number of aromatic nitrogens is 6. The van der Waals surface area contributed by atoms with Gasteiger partial charge in [-0.25, -0.2) is 15.0 Å². The fourth-order valence-electron chi connectivity index (χ4n) is 12.4. The van der Waals surface area contributed by atoms with Crippen LogP contribution in [-0.2, 0) is 27.3 Å². The molecule has 11 rings (SSSR count). The molecule has 5 aliphatic rings. The summed E-state index contributed by atoms with van der Waals surface area (Å²) in [4.78, 5) is 67.2. The van der Waals surface area contributed by atoms with Crippen molar-refractivity contribution in [3.63, 3.8) is 0 Å².